The molecule has 96 valence electrons. The van der Waals surface area contributed by atoms with E-state index in [0.717, 1.165) is 17.1 Å². The lowest BCUT2D eigenvalue weighted by Crippen LogP contribution is -2.18. The molecule has 2 N–H and O–H groups in total. The number of methoxy groups -OCH3 is 1. The van der Waals surface area contributed by atoms with Crippen LogP contribution in [0.25, 0.3) is 0 Å². The van der Waals surface area contributed by atoms with E-state index in [4.69, 9.17) is 14.6 Å². The monoisotopic (exact) mass is 239 g/mol. The van der Waals surface area contributed by atoms with Gasteiger partial charge in [0.15, 0.2) is 0 Å². The zero-order chi connectivity index (χ0) is 12.7. The van der Waals surface area contributed by atoms with Gasteiger partial charge in [-0.05, 0) is 19.9 Å². The molecule has 0 bridgehead atoms. The fraction of sp³-hybridized carbons (Fsp3) is 0.538. The van der Waals surface area contributed by atoms with E-state index in [1.807, 2.05) is 32.0 Å². The summed E-state index contributed by atoms with van der Waals surface area (Å²) in [6.07, 6.45) is 0.124. The number of nitrogens with one attached hydrogen (secondary N) is 1. The minimum atomic E-state index is 0.124. The predicted molar refractivity (Wildman–Crippen MR) is 67.6 cm³/mol. The maximum atomic E-state index is 8.73. The average Bonchev–Trinajstić information content (AvgIpc) is 2.30. The molecule has 4 nitrogen and oxygen atoms in total. The number of aliphatic hydroxyl groups is 1. The summed E-state index contributed by atoms with van der Waals surface area (Å²) in [5.74, 6) is 1.61. The molecule has 0 aromatic heterocycles. The topological polar surface area (TPSA) is 50.7 Å². The van der Waals surface area contributed by atoms with Crippen molar-refractivity contribution >= 4 is 0 Å². The van der Waals surface area contributed by atoms with Crippen molar-refractivity contribution in [2.45, 2.75) is 26.5 Å². The quantitative estimate of drug-likeness (QED) is 0.709. The van der Waals surface area contributed by atoms with Crippen molar-refractivity contribution in [3.63, 3.8) is 0 Å². The highest BCUT2D eigenvalue weighted by Gasteiger charge is 2.07. The minimum absolute atomic E-state index is 0.124. The normalized spacial score (nSPS) is 10.6. The van der Waals surface area contributed by atoms with Gasteiger partial charge in [0.25, 0.3) is 0 Å². The van der Waals surface area contributed by atoms with Crippen LogP contribution in [0.3, 0.4) is 0 Å². The van der Waals surface area contributed by atoms with Gasteiger partial charge < -0.3 is 19.9 Å². The first-order valence-corrected chi connectivity index (χ1v) is 5.82. The molecular formula is C13H21NO3. The van der Waals surface area contributed by atoms with Gasteiger partial charge in [0.05, 0.1) is 19.8 Å². The summed E-state index contributed by atoms with van der Waals surface area (Å²) in [4.78, 5) is 0. The Hall–Kier alpha value is -1.26. The summed E-state index contributed by atoms with van der Waals surface area (Å²) in [6, 6.07) is 5.76. The molecule has 4 heteroatoms. The van der Waals surface area contributed by atoms with Crippen LogP contribution in [0.4, 0.5) is 0 Å². The number of rotatable bonds is 7. The number of benzene rings is 1. The van der Waals surface area contributed by atoms with E-state index in [9.17, 15) is 0 Å². The summed E-state index contributed by atoms with van der Waals surface area (Å²) < 4.78 is 10.9. The Kier molecular flexibility index (Phi) is 5.80. The van der Waals surface area contributed by atoms with Crippen LogP contribution in [-0.2, 0) is 6.54 Å². The molecule has 0 spiro atoms. The predicted octanol–water partition coefficient (Wildman–Crippen LogP) is 1.56. The molecule has 0 radical (unpaired) electrons. The van der Waals surface area contributed by atoms with Gasteiger partial charge in [-0.2, -0.15) is 0 Å². The smallest absolute Gasteiger partial charge is 0.127 e. The van der Waals surface area contributed by atoms with E-state index < -0.39 is 0 Å². The molecule has 0 heterocycles. The Morgan fingerprint density at radius 2 is 2.12 bits per heavy atom. The molecule has 0 fully saturated rings. The Balaban J connectivity index is 2.78. The molecule has 0 aliphatic rings. The molecule has 0 aliphatic heterocycles. The molecule has 1 rings (SSSR count). The molecular weight excluding hydrogens is 218 g/mol. The minimum Gasteiger partial charge on any atom is -0.497 e. The second-order valence-electron chi connectivity index (χ2n) is 4.04. The van der Waals surface area contributed by atoms with Crippen molar-refractivity contribution < 1.29 is 14.6 Å². The Morgan fingerprint density at radius 3 is 2.71 bits per heavy atom. The fourth-order valence-corrected chi connectivity index (χ4v) is 1.47. The highest BCUT2D eigenvalue weighted by molar-refractivity contribution is 5.40. The van der Waals surface area contributed by atoms with Crippen LogP contribution in [0.15, 0.2) is 18.2 Å². The molecule has 17 heavy (non-hydrogen) atoms. The van der Waals surface area contributed by atoms with Crippen LogP contribution in [-0.4, -0.2) is 31.5 Å². The summed E-state index contributed by atoms with van der Waals surface area (Å²) in [7, 11) is 1.64. The fourth-order valence-electron chi connectivity index (χ4n) is 1.47. The Labute approximate surface area is 103 Å². The molecule has 0 saturated heterocycles. The van der Waals surface area contributed by atoms with Crippen LogP contribution in [0, 0.1) is 0 Å². The highest BCUT2D eigenvalue weighted by atomic mass is 16.5. The zero-order valence-corrected chi connectivity index (χ0v) is 10.7. The number of ether oxygens (including phenoxy) is 2. The number of hydrogen-bond acceptors (Lipinski definition) is 4. The first-order chi connectivity index (χ1) is 8.17. The van der Waals surface area contributed by atoms with Crippen molar-refractivity contribution in [1.29, 1.82) is 0 Å². The van der Waals surface area contributed by atoms with E-state index in [-0.39, 0.29) is 12.7 Å². The van der Waals surface area contributed by atoms with Crippen LogP contribution < -0.4 is 14.8 Å². The average molecular weight is 239 g/mol. The van der Waals surface area contributed by atoms with Crippen molar-refractivity contribution in [2.24, 2.45) is 0 Å². The third-order valence-corrected chi connectivity index (χ3v) is 2.24. The van der Waals surface area contributed by atoms with Crippen LogP contribution in [0.1, 0.15) is 19.4 Å². The molecule has 0 saturated carbocycles. The van der Waals surface area contributed by atoms with Gasteiger partial charge in [-0.25, -0.2) is 0 Å². The maximum absolute atomic E-state index is 8.73. The third-order valence-electron chi connectivity index (χ3n) is 2.24. The van der Waals surface area contributed by atoms with Gasteiger partial charge >= 0.3 is 0 Å². The largest absolute Gasteiger partial charge is 0.497 e. The maximum Gasteiger partial charge on any atom is 0.127 e. The second-order valence-corrected chi connectivity index (χ2v) is 4.04. The molecule has 0 atom stereocenters. The third kappa shape index (κ3) is 4.63. The van der Waals surface area contributed by atoms with E-state index >= 15 is 0 Å². The van der Waals surface area contributed by atoms with Crippen molar-refractivity contribution in [3.05, 3.63) is 23.8 Å². The highest BCUT2D eigenvalue weighted by Crippen LogP contribution is 2.25. The summed E-state index contributed by atoms with van der Waals surface area (Å²) in [5, 5.41) is 11.9. The Morgan fingerprint density at radius 1 is 1.35 bits per heavy atom. The Bertz CT molecular complexity index is 339. The number of aliphatic hydroxyl groups excluding tert-OH is 1. The molecule has 0 unspecified atom stereocenters. The van der Waals surface area contributed by atoms with Crippen LogP contribution >= 0.6 is 0 Å². The van der Waals surface area contributed by atoms with Gasteiger partial charge in [0.2, 0.25) is 0 Å². The van der Waals surface area contributed by atoms with Crippen LogP contribution in [0.2, 0.25) is 0 Å². The van der Waals surface area contributed by atoms with Gasteiger partial charge in [-0.3, -0.25) is 0 Å². The summed E-state index contributed by atoms with van der Waals surface area (Å²) >= 11 is 0. The van der Waals surface area contributed by atoms with Crippen molar-refractivity contribution in [1.82, 2.24) is 5.32 Å². The van der Waals surface area contributed by atoms with Gasteiger partial charge in [-0.1, -0.05) is 6.07 Å². The molecule has 1 aromatic carbocycles. The first kappa shape index (κ1) is 13.8. The zero-order valence-electron chi connectivity index (χ0n) is 10.7. The molecule has 0 amide bonds. The van der Waals surface area contributed by atoms with E-state index in [2.05, 4.69) is 5.32 Å². The second kappa shape index (κ2) is 7.14. The lowest BCUT2D eigenvalue weighted by atomic mass is 10.2. The van der Waals surface area contributed by atoms with Gasteiger partial charge in [-0.15, -0.1) is 0 Å². The summed E-state index contributed by atoms with van der Waals surface area (Å²) in [6.45, 7) is 5.37. The van der Waals surface area contributed by atoms with Crippen LogP contribution in [0.5, 0.6) is 11.5 Å². The summed E-state index contributed by atoms with van der Waals surface area (Å²) in [5.41, 5.74) is 1.06. The lowest BCUT2D eigenvalue weighted by molar-refractivity contribution is 0.237. The SMILES string of the molecule is COc1ccc(CNCCO)c(OC(C)C)c1. The van der Waals surface area contributed by atoms with E-state index in [0.29, 0.717) is 13.1 Å². The standard InChI is InChI=1S/C13H21NO3/c1-10(2)17-13-8-12(16-3)5-4-11(13)9-14-6-7-15/h4-5,8,10,14-15H,6-7,9H2,1-3H3. The first-order valence-electron chi connectivity index (χ1n) is 5.82. The van der Waals surface area contributed by atoms with Gasteiger partial charge in [0.1, 0.15) is 11.5 Å². The van der Waals surface area contributed by atoms with Gasteiger partial charge in [0, 0.05) is 24.7 Å². The molecule has 0 aliphatic carbocycles. The number of hydrogen-bond donors (Lipinski definition) is 2. The van der Waals surface area contributed by atoms with E-state index in [1.165, 1.54) is 0 Å². The lowest BCUT2D eigenvalue weighted by Gasteiger charge is -2.15. The molecule has 1 aromatic rings. The van der Waals surface area contributed by atoms with Crippen molar-refractivity contribution in [3.8, 4) is 11.5 Å². The van der Waals surface area contributed by atoms with E-state index in [1.54, 1.807) is 7.11 Å². The van der Waals surface area contributed by atoms with Crippen molar-refractivity contribution in [2.75, 3.05) is 20.3 Å².